The van der Waals surface area contributed by atoms with E-state index in [4.69, 9.17) is 12.6 Å². The molecule has 90 valence electrons. The topological polar surface area (TPSA) is 64.6 Å². The van der Waals surface area contributed by atoms with Crippen LogP contribution in [0.2, 0.25) is 6.32 Å². The molecule has 1 atom stereocenters. The highest BCUT2D eigenvalue weighted by Gasteiger charge is 2.23. The number of carbonyl (C=O) groups is 2. The Morgan fingerprint density at radius 2 is 1.94 bits per heavy atom. The Hall–Kier alpha value is -1.20. The third-order valence-corrected chi connectivity index (χ3v) is 1.63. The molecule has 16 heavy (non-hydrogen) atoms. The number of methoxy groups -OCH3 is 1. The molecule has 0 aromatic rings. The number of hydrogen-bond donors (Lipinski definition) is 1. The van der Waals surface area contributed by atoms with Gasteiger partial charge in [0, 0.05) is 0 Å². The normalized spacial score (nSPS) is 12.8. The smallest absolute Gasteiger partial charge is 0.408 e. The van der Waals surface area contributed by atoms with Gasteiger partial charge in [-0.15, -0.1) is 0 Å². The van der Waals surface area contributed by atoms with Crippen LogP contribution in [0, 0.1) is 0 Å². The van der Waals surface area contributed by atoms with Crippen LogP contribution in [0.5, 0.6) is 0 Å². The van der Waals surface area contributed by atoms with Crippen LogP contribution in [-0.4, -0.2) is 38.7 Å². The number of amides is 1. The van der Waals surface area contributed by atoms with Gasteiger partial charge in [-0.3, -0.25) is 0 Å². The molecule has 6 heteroatoms. The van der Waals surface area contributed by atoms with Crippen LogP contribution in [0.1, 0.15) is 27.2 Å². The molecule has 0 aliphatic rings. The van der Waals surface area contributed by atoms with Crippen LogP contribution in [0.15, 0.2) is 0 Å². The van der Waals surface area contributed by atoms with Crippen LogP contribution in [0.25, 0.3) is 0 Å². The SMILES string of the molecule is [B]CCC(NC(=O)OC(C)(C)C)C(=O)OC. The van der Waals surface area contributed by atoms with Gasteiger partial charge in [-0.25, -0.2) is 9.59 Å². The van der Waals surface area contributed by atoms with Gasteiger partial charge in [0.1, 0.15) is 11.6 Å². The molecule has 0 heterocycles. The monoisotopic (exact) mass is 227 g/mol. The second-order valence-electron chi connectivity index (χ2n) is 4.30. The zero-order valence-electron chi connectivity index (χ0n) is 10.2. The minimum Gasteiger partial charge on any atom is -0.467 e. The van der Waals surface area contributed by atoms with Crippen molar-refractivity contribution in [2.75, 3.05) is 7.11 Å². The summed E-state index contributed by atoms with van der Waals surface area (Å²) in [5.74, 6) is -0.531. The third-order valence-electron chi connectivity index (χ3n) is 1.63. The molecular weight excluding hydrogens is 209 g/mol. The Kier molecular flexibility index (Phi) is 5.92. The van der Waals surface area contributed by atoms with E-state index < -0.39 is 23.7 Å². The minimum absolute atomic E-state index is 0.273. The van der Waals surface area contributed by atoms with Crippen molar-refractivity contribution in [2.45, 2.75) is 45.2 Å². The van der Waals surface area contributed by atoms with Gasteiger partial charge in [-0.1, -0.05) is 6.32 Å². The van der Waals surface area contributed by atoms with Crippen LogP contribution in [0.3, 0.4) is 0 Å². The molecule has 1 amide bonds. The quantitative estimate of drug-likeness (QED) is 0.575. The first-order valence-corrected chi connectivity index (χ1v) is 5.07. The van der Waals surface area contributed by atoms with Crippen molar-refractivity contribution >= 4 is 19.9 Å². The second-order valence-corrected chi connectivity index (χ2v) is 4.30. The van der Waals surface area contributed by atoms with Gasteiger partial charge >= 0.3 is 12.1 Å². The molecule has 0 rings (SSSR count). The Bertz CT molecular complexity index is 250. The maximum Gasteiger partial charge on any atom is 0.408 e. The number of ether oxygens (including phenoxy) is 2. The summed E-state index contributed by atoms with van der Waals surface area (Å²) in [5.41, 5.74) is -0.604. The number of alkyl carbamates (subject to hydrolysis) is 1. The van der Waals surface area contributed by atoms with Crippen LogP contribution < -0.4 is 5.32 Å². The number of carbonyl (C=O) groups excluding carboxylic acids is 2. The summed E-state index contributed by atoms with van der Waals surface area (Å²) in [6.45, 7) is 5.22. The highest BCUT2D eigenvalue weighted by Crippen LogP contribution is 2.07. The summed E-state index contributed by atoms with van der Waals surface area (Å²) in [7, 11) is 6.58. The summed E-state index contributed by atoms with van der Waals surface area (Å²) < 4.78 is 9.54. The fourth-order valence-electron chi connectivity index (χ4n) is 1.01. The summed E-state index contributed by atoms with van der Waals surface area (Å²) >= 11 is 0. The molecule has 0 aromatic carbocycles. The van der Waals surface area contributed by atoms with Gasteiger partial charge in [0.15, 0.2) is 0 Å². The molecule has 0 spiro atoms. The van der Waals surface area contributed by atoms with Crippen molar-refractivity contribution in [3.8, 4) is 0 Å². The van der Waals surface area contributed by atoms with E-state index in [0.29, 0.717) is 6.42 Å². The van der Waals surface area contributed by atoms with E-state index >= 15 is 0 Å². The van der Waals surface area contributed by atoms with E-state index in [9.17, 15) is 9.59 Å². The Morgan fingerprint density at radius 1 is 1.38 bits per heavy atom. The van der Waals surface area contributed by atoms with Crippen LogP contribution in [0.4, 0.5) is 4.79 Å². The lowest BCUT2D eigenvalue weighted by atomic mass is 9.98. The largest absolute Gasteiger partial charge is 0.467 e. The maximum atomic E-state index is 11.4. The van der Waals surface area contributed by atoms with Crippen molar-refractivity contribution in [1.29, 1.82) is 0 Å². The van der Waals surface area contributed by atoms with Crippen molar-refractivity contribution in [1.82, 2.24) is 5.32 Å². The maximum absolute atomic E-state index is 11.4. The zero-order chi connectivity index (χ0) is 12.8. The fraction of sp³-hybridized carbons (Fsp3) is 0.800. The summed E-state index contributed by atoms with van der Waals surface area (Å²) in [4.78, 5) is 22.6. The zero-order valence-corrected chi connectivity index (χ0v) is 10.2. The lowest BCUT2D eigenvalue weighted by Gasteiger charge is -2.22. The van der Waals surface area contributed by atoms with E-state index in [1.807, 2.05) is 0 Å². The second kappa shape index (κ2) is 6.40. The number of esters is 1. The average Bonchev–Trinajstić information content (AvgIpc) is 2.13. The van der Waals surface area contributed by atoms with Crippen molar-refractivity contribution in [3.63, 3.8) is 0 Å². The predicted molar refractivity (Wildman–Crippen MR) is 60.4 cm³/mol. The standard InChI is InChI=1S/C10H18BNO4/c1-10(2,3)16-9(14)12-7(5-6-11)8(13)15-4/h7H,5-6H2,1-4H3,(H,12,14). The molecule has 1 unspecified atom stereocenters. The third kappa shape index (κ3) is 6.32. The lowest BCUT2D eigenvalue weighted by Crippen LogP contribution is -2.43. The van der Waals surface area contributed by atoms with E-state index in [0.717, 1.165) is 0 Å². The summed E-state index contributed by atoms with van der Waals surface area (Å²) in [5, 5.41) is 2.41. The molecule has 0 bridgehead atoms. The first-order valence-electron chi connectivity index (χ1n) is 5.07. The van der Waals surface area contributed by atoms with Gasteiger partial charge < -0.3 is 14.8 Å². The molecule has 0 fully saturated rings. The van der Waals surface area contributed by atoms with Gasteiger partial charge in [-0.2, -0.15) is 0 Å². The van der Waals surface area contributed by atoms with Gasteiger partial charge in [0.25, 0.3) is 0 Å². The van der Waals surface area contributed by atoms with Crippen molar-refractivity contribution < 1.29 is 19.1 Å². The Balaban J connectivity index is 4.29. The summed E-state index contributed by atoms with van der Waals surface area (Å²) in [6, 6.07) is -0.759. The predicted octanol–water partition coefficient (Wildman–Crippen LogP) is 1.03. The van der Waals surface area contributed by atoms with Crippen LogP contribution >= 0.6 is 0 Å². The lowest BCUT2D eigenvalue weighted by molar-refractivity contribution is -0.143. The molecule has 0 aliphatic heterocycles. The first kappa shape index (κ1) is 14.8. The molecule has 0 saturated heterocycles. The van der Waals surface area contributed by atoms with Gasteiger partial charge in [0.2, 0.25) is 0 Å². The van der Waals surface area contributed by atoms with Crippen LogP contribution in [-0.2, 0) is 14.3 Å². The average molecular weight is 227 g/mol. The number of hydrogen-bond acceptors (Lipinski definition) is 4. The highest BCUT2D eigenvalue weighted by atomic mass is 16.6. The Morgan fingerprint density at radius 3 is 2.31 bits per heavy atom. The first-order chi connectivity index (χ1) is 7.30. The van der Waals surface area contributed by atoms with E-state index in [2.05, 4.69) is 10.1 Å². The van der Waals surface area contributed by atoms with E-state index in [-0.39, 0.29) is 6.32 Å². The van der Waals surface area contributed by atoms with Gasteiger partial charge in [0.05, 0.1) is 15.0 Å². The van der Waals surface area contributed by atoms with E-state index in [1.54, 1.807) is 20.8 Å². The molecule has 0 aliphatic carbocycles. The summed E-state index contributed by atoms with van der Waals surface area (Å²) in [6.07, 6.45) is -0.0714. The fourth-order valence-corrected chi connectivity index (χ4v) is 1.01. The molecule has 0 aromatic heterocycles. The molecular formula is C10H18BNO4. The highest BCUT2D eigenvalue weighted by molar-refractivity contribution is 6.08. The molecule has 1 N–H and O–H groups in total. The minimum atomic E-state index is -0.759. The number of rotatable bonds is 4. The number of nitrogens with one attached hydrogen (secondary N) is 1. The molecule has 2 radical (unpaired) electrons. The van der Waals surface area contributed by atoms with E-state index in [1.165, 1.54) is 7.11 Å². The molecule has 0 saturated carbocycles. The van der Waals surface area contributed by atoms with Crippen molar-refractivity contribution in [3.05, 3.63) is 0 Å². The van der Waals surface area contributed by atoms with Gasteiger partial charge in [-0.05, 0) is 27.2 Å². The van der Waals surface area contributed by atoms with Crippen molar-refractivity contribution in [2.24, 2.45) is 0 Å². The molecule has 5 nitrogen and oxygen atoms in total. The Labute approximate surface area is 97.3 Å².